The van der Waals surface area contributed by atoms with Gasteiger partial charge >= 0.3 is 0 Å². The molecule has 0 spiro atoms. The monoisotopic (exact) mass is 132 g/mol. The highest BCUT2D eigenvalue weighted by molar-refractivity contribution is 6.04. The molecule has 0 aromatic rings. The molecule has 0 atom stereocenters. The Morgan fingerprint density at radius 2 is 2.00 bits per heavy atom. The van der Waals surface area contributed by atoms with Crippen LogP contribution in [0.2, 0.25) is 0 Å². The standard InChI is InChI=1S/C5H16N2Si/c1-2-3-6-4-5-7-8/h6-7H,2-5H2,1,8H3. The molecular weight excluding hydrogens is 116 g/mol. The van der Waals surface area contributed by atoms with E-state index < -0.39 is 0 Å². The van der Waals surface area contributed by atoms with Crippen LogP contribution in [0.1, 0.15) is 13.3 Å². The van der Waals surface area contributed by atoms with Crippen LogP contribution >= 0.6 is 0 Å². The van der Waals surface area contributed by atoms with Crippen molar-refractivity contribution >= 4 is 10.4 Å². The molecule has 0 radical (unpaired) electrons. The fourth-order valence-corrected chi connectivity index (χ4v) is 0.765. The fourth-order valence-electron chi connectivity index (χ4n) is 0.515. The third-order valence-electron chi connectivity index (χ3n) is 0.979. The number of rotatable bonds is 5. The second-order valence-electron chi connectivity index (χ2n) is 1.85. The molecule has 0 amide bonds. The minimum Gasteiger partial charge on any atom is -0.344 e. The first-order chi connectivity index (χ1) is 3.91. The minimum absolute atomic E-state index is 1.12. The lowest BCUT2D eigenvalue weighted by molar-refractivity contribution is 0.665. The highest BCUT2D eigenvalue weighted by atomic mass is 28.2. The van der Waals surface area contributed by atoms with Crippen LogP contribution in [-0.2, 0) is 0 Å². The van der Waals surface area contributed by atoms with E-state index in [2.05, 4.69) is 17.2 Å². The van der Waals surface area contributed by atoms with Crippen LogP contribution in [0.25, 0.3) is 0 Å². The molecule has 0 unspecified atom stereocenters. The molecule has 0 fully saturated rings. The van der Waals surface area contributed by atoms with Gasteiger partial charge in [0.1, 0.15) is 0 Å². The van der Waals surface area contributed by atoms with Crippen LogP contribution in [0.3, 0.4) is 0 Å². The van der Waals surface area contributed by atoms with Crippen molar-refractivity contribution in [2.45, 2.75) is 13.3 Å². The summed E-state index contributed by atoms with van der Waals surface area (Å²) in [5.74, 6) is 0. The summed E-state index contributed by atoms with van der Waals surface area (Å²) in [5, 5.41) is 3.30. The van der Waals surface area contributed by atoms with E-state index in [1.54, 1.807) is 0 Å². The normalized spacial score (nSPS) is 10.1. The lowest BCUT2D eigenvalue weighted by atomic mass is 10.5. The summed E-state index contributed by atoms with van der Waals surface area (Å²) < 4.78 is 0. The van der Waals surface area contributed by atoms with Gasteiger partial charge in [-0.3, -0.25) is 0 Å². The fraction of sp³-hybridized carbons (Fsp3) is 1.00. The first-order valence-electron chi connectivity index (χ1n) is 3.27. The molecule has 0 heterocycles. The van der Waals surface area contributed by atoms with E-state index in [4.69, 9.17) is 0 Å². The quantitative estimate of drug-likeness (QED) is 0.365. The van der Waals surface area contributed by atoms with E-state index in [0.29, 0.717) is 0 Å². The first-order valence-corrected chi connectivity index (χ1v) is 4.27. The van der Waals surface area contributed by atoms with Crippen LogP contribution in [0, 0.1) is 0 Å². The van der Waals surface area contributed by atoms with Crippen LogP contribution in [-0.4, -0.2) is 30.0 Å². The summed E-state index contributed by atoms with van der Waals surface area (Å²) in [6, 6.07) is 0. The van der Waals surface area contributed by atoms with Crippen molar-refractivity contribution < 1.29 is 0 Å². The van der Waals surface area contributed by atoms with Crippen molar-refractivity contribution in [3.05, 3.63) is 0 Å². The van der Waals surface area contributed by atoms with E-state index in [1.807, 2.05) is 0 Å². The second-order valence-corrected chi connectivity index (χ2v) is 2.56. The molecule has 0 bridgehead atoms. The summed E-state index contributed by atoms with van der Waals surface area (Å²) in [6.07, 6.45) is 1.24. The van der Waals surface area contributed by atoms with Gasteiger partial charge in [0.05, 0.1) is 10.4 Å². The van der Waals surface area contributed by atoms with Gasteiger partial charge in [-0.15, -0.1) is 0 Å². The van der Waals surface area contributed by atoms with Gasteiger partial charge in [0.15, 0.2) is 0 Å². The van der Waals surface area contributed by atoms with Crippen molar-refractivity contribution in [2.75, 3.05) is 19.6 Å². The zero-order valence-corrected chi connectivity index (χ0v) is 7.83. The molecule has 0 aliphatic carbocycles. The molecule has 2 N–H and O–H groups in total. The van der Waals surface area contributed by atoms with E-state index in [1.165, 1.54) is 6.42 Å². The first kappa shape index (κ1) is 8.14. The van der Waals surface area contributed by atoms with Gasteiger partial charge in [-0.05, 0) is 13.0 Å². The minimum atomic E-state index is 1.12. The predicted octanol–water partition coefficient (Wildman–Crippen LogP) is -1.14. The Morgan fingerprint density at radius 3 is 2.50 bits per heavy atom. The summed E-state index contributed by atoms with van der Waals surface area (Å²) in [6.45, 7) is 5.59. The largest absolute Gasteiger partial charge is 0.344 e. The molecule has 0 aromatic carbocycles. The van der Waals surface area contributed by atoms with Crippen LogP contribution in [0.4, 0.5) is 0 Å². The predicted molar refractivity (Wildman–Crippen MR) is 41.1 cm³/mol. The Balaban J connectivity index is 2.53. The zero-order chi connectivity index (χ0) is 6.24. The molecule has 50 valence electrons. The lowest BCUT2D eigenvalue weighted by Gasteiger charge is -1.99. The molecule has 0 aliphatic heterocycles. The third-order valence-corrected chi connectivity index (χ3v) is 1.48. The van der Waals surface area contributed by atoms with Gasteiger partial charge < -0.3 is 10.3 Å². The SMILES string of the molecule is CCCNCCN[SiH3]. The van der Waals surface area contributed by atoms with E-state index in [9.17, 15) is 0 Å². The summed E-state index contributed by atoms with van der Waals surface area (Å²) in [7, 11) is 1.12. The molecule has 0 rings (SSSR count). The lowest BCUT2D eigenvalue weighted by Crippen LogP contribution is -2.25. The average Bonchev–Trinajstić information content (AvgIpc) is 1.81. The maximum Gasteiger partial charge on any atom is 0.0749 e. The topological polar surface area (TPSA) is 24.1 Å². The number of hydrogen-bond donors (Lipinski definition) is 2. The zero-order valence-electron chi connectivity index (χ0n) is 5.83. The average molecular weight is 132 g/mol. The molecule has 0 saturated carbocycles. The van der Waals surface area contributed by atoms with E-state index >= 15 is 0 Å². The summed E-state index contributed by atoms with van der Waals surface area (Å²) >= 11 is 0. The molecule has 2 nitrogen and oxygen atoms in total. The number of nitrogens with one attached hydrogen (secondary N) is 2. The van der Waals surface area contributed by atoms with Crippen LogP contribution in [0.15, 0.2) is 0 Å². The second kappa shape index (κ2) is 7.14. The van der Waals surface area contributed by atoms with Crippen LogP contribution < -0.4 is 10.3 Å². The molecule has 3 heteroatoms. The molecule has 0 aliphatic rings. The molecule has 8 heavy (non-hydrogen) atoms. The van der Waals surface area contributed by atoms with Crippen molar-refractivity contribution in [2.24, 2.45) is 0 Å². The Morgan fingerprint density at radius 1 is 1.25 bits per heavy atom. The van der Waals surface area contributed by atoms with Gasteiger partial charge in [-0.1, -0.05) is 6.92 Å². The van der Waals surface area contributed by atoms with Crippen molar-refractivity contribution in [3.8, 4) is 0 Å². The van der Waals surface area contributed by atoms with Crippen molar-refractivity contribution in [1.82, 2.24) is 10.3 Å². The Kier molecular flexibility index (Phi) is 7.26. The highest BCUT2D eigenvalue weighted by Crippen LogP contribution is 1.66. The summed E-state index contributed by atoms with van der Waals surface area (Å²) in [4.78, 5) is 3.20. The van der Waals surface area contributed by atoms with Crippen molar-refractivity contribution in [3.63, 3.8) is 0 Å². The molecule has 0 saturated heterocycles. The molecular formula is C5H16N2Si. The summed E-state index contributed by atoms with van der Waals surface area (Å²) in [5.41, 5.74) is 0. The third kappa shape index (κ3) is 6.14. The number of hydrogen-bond acceptors (Lipinski definition) is 2. The Bertz CT molecular complexity index is 35.4. The van der Waals surface area contributed by atoms with Gasteiger partial charge in [0.2, 0.25) is 0 Å². The van der Waals surface area contributed by atoms with Gasteiger partial charge in [-0.2, -0.15) is 0 Å². The van der Waals surface area contributed by atoms with Gasteiger partial charge in [0.25, 0.3) is 0 Å². The molecule has 0 aromatic heterocycles. The van der Waals surface area contributed by atoms with E-state index in [0.717, 1.165) is 30.0 Å². The van der Waals surface area contributed by atoms with Gasteiger partial charge in [0, 0.05) is 13.1 Å². The van der Waals surface area contributed by atoms with Crippen LogP contribution in [0.5, 0.6) is 0 Å². The van der Waals surface area contributed by atoms with Crippen molar-refractivity contribution in [1.29, 1.82) is 0 Å². The van der Waals surface area contributed by atoms with E-state index in [-0.39, 0.29) is 0 Å². The van der Waals surface area contributed by atoms with Gasteiger partial charge in [-0.25, -0.2) is 0 Å². The maximum absolute atomic E-state index is 3.30. The Hall–Kier alpha value is 0.137. The maximum atomic E-state index is 3.30. The Labute approximate surface area is 54.5 Å². The highest BCUT2D eigenvalue weighted by Gasteiger charge is 1.79. The smallest absolute Gasteiger partial charge is 0.0749 e.